The largest absolute Gasteiger partial charge is 0.508 e. The van der Waals surface area contributed by atoms with Crippen LogP contribution in [0.3, 0.4) is 0 Å². The summed E-state index contributed by atoms with van der Waals surface area (Å²) in [7, 11) is 0. The maximum atomic E-state index is 11.5. The van der Waals surface area contributed by atoms with Gasteiger partial charge in [-0.1, -0.05) is 13.0 Å². The Balaban J connectivity index is 1.32. The first kappa shape index (κ1) is 17.7. The van der Waals surface area contributed by atoms with Gasteiger partial charge in [0.1, 0.15) is 5.75 Å². The molecule has 0 saturated heterocycles. The summed E-state index contributed by atoms with van der Waals surface area (Å²) >= 11 is 0. The van der Waals surface area contributed by atoms with Gasteiger partial charge in [0.05, 0.1) is 0 Å². The molecule has 0 radical (unpaired) electrons. The van der Waals surface area contributed by atoms with E-state index in [9.17, 15) is 5.11 Å². The van der Waals surface area contributed by atoms with Crippen molar-refractivity contribution in [3.63, 3.8) is 0 Å². The van der Waals surface area contributed by atoms with Crippen molar-refractivity contribution in [1.29, 1.82) is 0 Å². The van der Waals surface area contributed by atoms with Crippen LogP contribution < -0.4 is 0 Å². The predicted molar refractivity (Wildman–Crippen MR) is 117 cm³/mol. The second kappa shape index (κ2) is 5.83. The highest BCUT2D eigenvalue weighted by molar-refractivity contribution is 5.50. The van der Waals surface area contributed by atoms with Crippen molar-refractivity contribution in [2.75, 3.05) is 0 Å². The van der Waals surface area contributed by atoms with E-state index in [0.29, 0.717) is 16.6 Å². The number of rotatable bonds is 3. The molecule has 9 rings (SSSR count). The van der Waals surface area contributed by atoms with Gasteiger partial charge in [0.2, 0.25) is 0 Å². The van der Waals surface area contributed by atoms with Crippen LogP contribution in [0.25, 0.3) is 0 Å². The van der Waals surface area contributed by atoms with Gasteiger partial charge >= 0.3 is 0 Å². The summed E-state index contributed by atoms with van der Waals surface area (Å²) in [6, 6.07) is 4.86. The minimum absolute atomic E-state index is 0.308. The third kappa shape index (κ3) is 2.45. The fourth-order valence-corrected chi connectivity index (χ4v) is 10.7. The Morgan fingerprint density at radius 1 is 0.655 bits per heavy atom. The Bertz CT molecular complexity index is 778. The molecule has 0 amide bonds. The first-order chi connectivity index (χ1) is 14.0. The molecule has 0 aromatic heterocycles. The molecule has 8 bridgehead atoms. The molecule has 0 atom stereocenters. The molecule has 29 heavy (non-hydrogen) atoms. The molecule has 1 aromatic carbocycles. The maximum absolute atomic E-state index is 11.5. The zero-order valence-electron chi connectivity index (χ0n) is 18.3. The summed E-state index contributed by atoms with van der Waals surface area (Å²) in [5, 5.41) is 11.5. The van der Waals surface area contributed by atoms with Crippen LogP contribution in [0.2, 0.25) is 0 Å². The van der Waals surface area contributed by atoms with E-state index in [0.717, 1.165) is 41.9 Å². The lowest BCUT2D eigenvalue weighted by atomic mass is 9.46. The van der Waals surface area contributed by atoms with E-state index in [1.54, 1.807) is 11.1 Å². The molecule has 0 heterocycles. The Hall–Kier alpha value is -0.980. The van der Waals surface area contributed by atoms with Crippen molar-refractivity contribution in [3.8, 4) is 5.75 Å². The maximum Gasteiger partial charge on any atom is 0.119 e. The highest BCUT2D eigenvalue weighted by atomic mass is 16.3. The number of benzene rings is 1. The van der Waals surface area contributed by atoms with Crippen molar-refractivity contribution in [3.05, 3.63) is 28.8 Å². The number of hydrogen-bond donors (Lipinski definition) is 1. The molecular formula is C28H38O. The lowest BCUT2D eigenvalue weighted by molar-refractivity contribution is -0.00802. The monoisotopic (exact) mass is 390 g/mol. The lowest BCUT2D eigenvalue weighted by Gasteiger charge is -2.58. The zero-order chi connectivity index (χ0) is 19.4. The molecule has 8 fully saturated rings. The number of phenolic OH excluding ortho intramolecular Hbond substituents is 1. The zero-order valence-corrected chi connectivity index (χ0v) is 18.3. The number of hydrogen-bond acceptors (Lipinski definition) is 1. The first-order valence-corrected chi connectivity index (χ1v) is 12.9. The van der Waals surface area contributed by atoms with Gasteiger partial charge in [0.25, 0.3) is 0 Å². The lowest BCUT2D eigenvalue weighted by Crippen LogP contribution is -2.49. The predicted octanol–water partition coefficient (Wildman–Crippen LogP) is 6.89. The molecule has 8 saturated carbocycles. The summed E-state index contributed by atoms with van der Waals surface area (Å²) in [4.78, 5) is 0. The van der Waals surface area contributed by atoms with Gasteiger partial charge < -0.3 is 5.11 Å². The second-order valence-corrected chi connectivity index (χ2v) is 12.8. The first-order valence-electron chi connectivity index (χ1n) is 12.9. The highest BCUT2D eigenvalue weighted by Crippen LogP contribution is 2.64. The molecule has 1 aromatic rings. The fourth-order valence-electron chi connectivity index (χ4n) is 10.7. The molecule has 8 aliphatic carbocycles. The van der Waals surface area contributed by atoms with Crippen LogP contribution in [-0.2, 0) is 17.3 Å². The second-order valence-electron chi connectivity index (χ2n) is 12.8. The van der Waals surface area contributed by atoms with Crippen molar-refractivity contribution >= 4 is 0 Å². The van der Waals surface area contributed by atoms with Gasteiger partial charge in [-0.3, -0.25) is 0 Å². The average molecular weight is 391 g/mol. The highest BCUT2D eigenvalue weighted by Gasteiger charge is 2.54. The van der Waals surface area contributed by atoms with E-state index in [-0.39, 0.29) is 0 Å². The van der Waals surface area contributed by atoms with E-state index in [2.05, 4.69) is 19.1 Å². The van der Waals surface area contributed by atoms with Gasteiger partial charge in [0, 0.05) is 5.56 Å². The molecule has 0 aliphatic heterocycles. The summed E-state index contributed by atoms with van der Waals surface area (Å²) in [6.45, 7) is 2.36. The van der Waals surface area contributed by atoms with Crippen LogP contribution in [0.5, 0.6) is 5.75 Å². The van der Waals surface area contributed by atoms with Crippen LogP contribution in [0.15, 0.2) is 12.1 Å². The van der Waals surface area contributed by atoms with E-state index in [1.807, 2.05) is 0 Å². The van der Waals surface area contributed by atoms with Crippen LogP contribution >= 0.6 is 0 Å². The normalized spacial score (nSPS) is 49.1. The molecule has 8 aliphatic rings. The summed E-state index contributed by atoms with van der Waals surface area (Å²) in [6.07, 6.45) is 18.3. The van der Waals surface area contributed by atoms with Crippen molar-refractivity contribution in [2.45, 2.75) is 101 Å². The van der Waals surface area contributed by atoms with Gasteiger partial charge in [-0.2, -0.15) is 0 Å². The van der Waals surface area contributed by atoms with E-state index in [4.69, 9.17) is 0 Å². The van der Waals surface area contributed by atoms with E-state index >= 15 is 0 Å². The Morgan fingerprint density at radius 3 is 1.41 bits per heavy atom. The Labute approximate surface area is 176 Å². The molecule has 1 heteroatoms. The number of phenols is 1. The van der Waals surface area contributed by atoms with Gasteiger partial charge in [-0.15, -0.1) is 0 Å². The summed E-state index contributed by atoms with van der Waals surface area (Å²) < 4.78 is 0. The minimum atomic E-state index is 0.308. The van der Waals surface area contributed by atoms with Crippen molar-refractivity contribution in [1.82, 2.24) is 0 Å². The standard InChI is InChI=1S/C28H38O/c1-2-23-9-25(28-14-20-6-21(15-28)8-22(7-20)16-28)26(29)10-24(23)27-11-17-3-18(12-27)5-19(4-17)13-27/h9-10,17-22,29H,2-8,11-16H2,1H3. The third-order valence-corrected chi connectivity index (χ3v) is 10.8. The van der Waals surface area contributed by atoms with Crippen LogP contribution in [0, 0.1) is 35.5 Å². The van der Waals surface area contributed by atoms with Gasteiger partial charge in [0.15, 0.2) is 0 Å². The quantitative estimate of drug-likeness (QED) is 0.596. The van der Waals surface area contributed by atoms with E-state index in [1.165, 1.54) is 82.6 Å². The topological polar surface area (TPSA) is 20.2 Å². The van der Waals surface area contributed by atoms with Crippen LogP contribution in [0.4, 0.5) is 0 Å². The van der Waals surface area contributed by atoms with E-state index < -0.39 is 0 Å². The van der Waals surface area contributed by atoms with Gasteiger partial charge in [-0.05, 0) is 147 Å². The smallest absolute Gasteiger partial charge is 0.119 e. The molecule has 0 spiro atoms. The van der Waals surface area contributed by atoms with Crippen molar-refractivity contribution in [2.24, 2.45) is 35.5 Å². The molecule has 1 N–H and O–H groups in total. The fraction of sp³-hybridized carbons (Fsp3) is 0.786. The number of aryl methyl sites for hydroxylation is 1. The molecular weight excluding hydrogens is 352 g/mol. The number of aromatic hydroxyl groups is 1. The Kier molecular flexibility index (Phi) is 3.55. The SMILES string of the molecule is CCc1cc(C23CC4CC(CC(C4)C2)C3)c(O)cc1C12CC3CC(CC(C3)C1)C2. The minimum Gasteiger partial charge on any atom is -0.508 e. The molecule has 156 valence electrons. The van der Waals surface area contributed by atoms with Gasteiger partial charge in [-0.25, -0.2) is 0 Å². The average Bonchev–Trinajstić information content (AvgIpc) is 2.65. The summed E-state index contributed by atoms with van der Waals surface area (Å²) in [5.74, 6) is 6.40. The third-order valence-electron chi connectivity index (χ3n) is 10.8. The molecule has 0 unspecified atom stereocenters. The van der Waals surface area contributed by atoms with Crippen LogP contribution in [0.1, 0.15) is 101 Å². The molecule has 1 nitrogen and oxygen atoms in total. The Morgan fingerprint density at radius 2 is 1.03 bits per heavy atom. The van der Waals surface area contributed by atoms with Crippen molar-refractivity contribution < 1.29 is 5.11 Å². The van der Waals surface area contributed by atoms with Crippen LogP contribution in [-0.4, -0.2) is 5.11 Å². The summed E-state index contributed by atoms with van der Waals surface area (Å²) in [5.41, 5.74) is 5.24.